The zero-order chi connectivity index (χ0) is 18.1. The Morgan fingerprint density at radius 3 is 2.72 bits per heavy atom. The summed E-state index contributed by atoms with van der Waals surface area (Å²) in [5.41, 5.74) is 1.49. The number of rotatable bonds is 4. The molecule has 0 N–H and O–H groups in total. The van der Waals surface area contributed by atoms with Gasteiger partial charge in [-0.05, 0) is 13.8 Å². The number of aromatic nitrogens is 4. The number of ether oxygens (including phenoxy) is 3. The van der Waals surface area contributed by atoms with Crippen molar-refractivity contribution in [2.75, 3.05) is 6.61 Å². The second kappa shape index (κ2) is 6.75. The van der Waals surface area contributed by atoms with Gasteiger partial charge in [0.15, 0.2) is 11.9 Å². The van der Waals surface area contributed by atoms with Crippen LogP contribution in [0.1, 0.15) is 38.0 Å². The molecule has 0 unspecified atom stereocenters. The lowest BCUT2D eigenvalue weighted by Crippen LogP contribution is -2.31. The SMILES string of the molecule is CC(=O)OC[C@H]1O[C@@H](n2ncc3c(C)nc(C)nc32)C[C@@H]1OC(C)=O. The smallest absolute Gasteiger partial charge is 0.303 e. The molecule has 9 heteroatoms. The van der Waals surface area contributed by atoms with Crippen LogP contribution in [0.2, 0.25) is 0 Å². The Morgan fingerprint density at radius 1 is 1.28 bits per heavy atom. The molecule has 0 spiro atoms. The summed E-state index contributed by atoms with van der Waals surface area (Å²) in [7, 11) is 0. The van der Waals surface area contributed by atoms with Crippen molar-refractivity contribution in [2.24, 2.45) is 0 Å². The van der Waals surface area contributed by atoms with Crippen LogP contribution in [0.3, 0.4) is 0 Å². The van der Waals surface area contributed by atoms with Crippen molar-refractivity contribution < 1.29 is 23.8 Å². The third kappa shape index (κ3) is 3.60. The third-order valence-electron chi connectivity index (χ3n) is 3.98. The minimum Gasteiger partial charge on any atom is -0.463 e. The molecule has 3 rings (SSSR count). The van der Waals surface area contributed by atoms with Crippen LogP contribution in [0, 0.1) is 13.8 Å². The summed E-state index contributed by atoms with van der Waals surface area (Å²) in [5, 5.41) is 5.20. The first-order valence-electron chi connectivity index (χ1n) is 7.99. The number of carbonyl (C=O) groups is 2. The molecule has 0 aromatic carbocycles. The minimum absolute atomic E-state index is 0.00994. The molecule has 0 aliphatic carbocycles. The predicted octanol–water partition coefficient (Wildman–Crippen LogP) is 1.23. The van der Waals surface area contributed by atoms with E-state index in [0.717, 1.165) is 11.1 Å². The summed E-state index contributed by atoms with van der Waals surface area (Å²) >= 11 is 0. The van der Waals surface area contributed by atoms with Gasteiger partial charge in [-0.15, -0.1) is 0 Å². The van der Waals surface area contributed by atoms with Gasteiger partial charge in [0.1, 0.15) is 24.6 Å². The Morgan fingerprint density at radius 2 is 2.04 bits per heavy atom. The summed E-state index contributed by atoms with van der Waals surface area (Å²) < 4.78 is 17.9. The second-order valence-corrected chi connectivity index (χ2v) is 6.00. The van der Waals surface area contributed by atoms with Crippen molar-refractivity contribution in [3.63, 3.8) is 0 Å². The van der Waals surface area contributed by atoms with Crippen LogP contribution >= 0.6 is 0 Å². The Labute approximate surface area is 144 Å². The van der Waals surface area contributed by atoms with Gasteiger partial charge in [-0.3, -0.25) is 9.59 Å². The predicted molar refractivity (Wildman–Crippen MR) is 85.5 cm³/mol. The fourth-order valence-electron chi connectivity index (χ4n) is 2.95. The van der Waals surface area contributed by atoms with Gasteiger partial charge in [-0.2, -0.15) is 5.10 Å². The van der Waals surface area contributed by atoms with Crippen molar-refractivity contribution in [3.8, 4) is 0 Å². The van der Waals surface area contributed by atoms with Crippen molar-refractivity contribution in [3.05, 3.63) is 17.7 Å². The lowest BCUT2D eigenvalue weighted by atomic mass is 10.2. The molecule has 1 saturated heterocycles. The van der Waals surface area contributed by atoms with E-state index >= 15 is 0 Å². The second-order valence-electron chi connectivity index (χ2n) is 6.00. The lowest BCUT2D eigenvalue weighted by molar-refractivity contribution is -0.155. The molecule has 1 fully saturated rings. The monoisotopic (exact) mass is 348 g/mol. The third-order valence-corrected chi connectivity index (χ3v) is 3.98. The molecule has 0 saturated carbocycles. The van der Waals surface area contributed by atoms with E-state index < -0.39 is 30.4 Å². The van der Waals surface area contributed by atoms with Crippen molar-refractivity contribution in [1.29, 1.82) is 0 Å². The van der Waals surface area contributed by atoms with Crippen molar-refractivity contribution in [1.82, 2.24) is 19.7 Å². The zero-order valence-corrected chi connectivity index (χ0v) is 14.6. The van der Waals surface area contributed by atoms with E-state index in [0.29, 0.717) is 17.9 Å². The van der Waals surface area contributed by atoms with Gasteiger partial charge in [-0.1, -0.05) is 0 Å². The summed E-state index contributed by atoms with van der Waals surface area (Å²) in [4.78, 5) is 31.2. The van der Waals surface area contributed by atoms with Gasteiger partial charge in [-0.25, -0.2) is 14.6 Å². The Balaban J connectivity index is 1.87. The van der Waals surface area contributed by atoms with E-state index in [1.54, 1.807) is 10.9 Å². The van der Waals surface area contributed by atoms with E-state index in [9.17, 15) is 9.59 Å². The highest BCUT2D eigenvalue weighted by Gasteiger charge is 2.40. The summed E-state index contributed by atoms with van der Waals surface area (Å²) in [6.07, 6.45) is 0.528. The maximum absolute atomic E-state index is 11.3. The highest BCUT2D eigenvalue weighted by atomic mass is 16.6. The van der Waals surface area contributed by atoms with Crippen LogP contribution in [0.4, 0.5) is 0 Å². The van der Waals surface area contributed by atoms with Gasteiger partial charge in [0.2, 0.25) is 0 Å². The van der Waals surface area contributed by atoms with Crippen LogP contribution in [0.5, 0.6) is 0 Å². The van der Waals surface area contributed by atoms with E-state index in [2.05, 4.69) is 15.1 Å². The van der Waals surface area contributed by atoms with E-state index in [4.69, 9.17) is 14.2 Å². The molecule has 2 aromatic heterocycles. The topological polar surface area (TPSA) is 105 Å². The standard InChI is InChI=1S/C16H20N4O5/c1-8-12-6-17-20(16(12)19-9(2)18-8)15-5-13(24-11(4)22)14(25-15)7-23-10(3)21/h6,13-15H,5,7H2,1-4H3/t13-,14+,15+/m0/s1. The largest absolute Gasteiger partial charge is 0.463 e. The van der Waals surface area contributed by atoms with Gasteiger partial charge >= 0.3 is 11.9 Å². The first-order chi connectivity index (χ1) is 11.8. The van der Waals surface area contributed by atoms with Crippen LogP contribution in [-0.4, -0.2) is 50.5 Å². The molecule has 9 nitrogen and oxygen atoms in total. The minimum atomic E-state index is -0.555. The van der Waals surface area contributed by atoms with Crippen LogP contribution in [0.15, 0.2) is 6.20 Å². The van der Waals surface area contributed by atoms with Gasteiger partial charge in [0, 0.05) is 20.3 Å². The number of nitrogens with zero attached hydrogens (tertiary/aromatic N) is 4. The van der Waals surface area contributed by atoms with Gasteiger partial charge in [0.05, 0.1) is 17.3 Å². The molecule has 0 bridgehead atoms. The number of aryl methyl sites for hydroxylation is 2. The van der Waals surface area contributed by atoms with Crippen molar-refractivity contribution >= 4 is 23.0 Å². The first-order valence-corrected chi connectivity index (χ1v) is 7.99. The van der Waals surface area contributed by atoms with Gasteiger partial charge < -0.3 is 14.2 Å². The fourth-order valence-corrected chi connectivity index (χ4v) is 2.95. The Bertz CT molecular complexity index is 818. The molecule has 1 aliphatic heterocycles. The van der Waals surface area contributed by atoms with Crippen LogP contribution in [-0.2, 0) is 23.8 Å². The average molecular weight is 348 g/mol. The number of hydrogen-bond acceptors (Lipinski definition) is 8. The van der Waals surface area contributed by atoms with E-state index in [1.165, 1.54) is 13.8 Å². The van der Waals surface area contributed by atoms with E-state index in [1.807, 2.05) is 13.8 Å². The highest BCUT2D eigenvalue weighted by Crippen LogP contribution is 2.33. The normalized spacial score (nSPS) is 23.0. The summed E-state index contributed by atoms with van der Waals surface area (Å²) in [6.45, 7) is 6.36. The van der Waals surface area contributed by atoms with Crippen LogP contribution < -0.4 is 0 Å². The highest BCUT2D eigenvalue weighted by molar-refractivity contribution is 5.77. The van der Waals surface area contributed by atoms with E-state index in [-0.39, 0.29) is 6.61 Å². The molecule has 25 heavy (non-hydrogen) atoms. The maximum Gasteiger partial charge on any atom is 0.303 e. The summed E-state index contributed by atoms with van der Waals surface area (Å²) in [6, 6.07) is 0. The Hall–Kier alpha value is -2.55. The fraction of sp³-hybridized carbons (Fsp3) is 0.562. The summed E-state index contributed by atoms with van der Waals surface area (Å²) in [5.74, 6) is -0.198. The molecular weight excluding hydrogens is 328 g/mol. The Kier molecular flexibility index (Phi) is 4.67. The molecule has 0 amide bonds. The molecule has 0 radical (unpaired) electrons. The molecular formula is C16H20N4O5. The van der Waals surface area contributed by atoms with Gasteiger partial charge in [0.25, 0.3) is 0 Å². The zero-order valence-electron chi connectivity index (χ0n) is 14.6. The molecule has 134 valence electrons. The van der Waals surface area contributed by atoms with Crippen LogP contribution in [0.25, 0.3) is 11.0 Å². The quantitative estimate of drug-likeness (QED) is 0.760. The maximum atomic E-state index is 11.3. The lowest BCUT2D eigenvalue weighted by Gasteiger charge is -2.17. The van der Waals surface area contributed by atoms with Crippen molar-refractivity contribution in [2.45, 2.75) is 52.6 Å². The average Bonchev–Trinajstić information content (AvgIpc) is 3.08. The molecule has 3 atom stereocenters. The number of esters is 2. The number of fused-ring (bicyclic) bond motifs is 1. The number of hydrogen-bond donors (Lipinski definition) is 0. The molecule has 2 aromatic rings. The molecule has 1 aliphatic rings. The molecule has 3 heterocycles. The number of carbonyl (C=O) groups excluding carboxylic acids is 2. The first kappa shape index (κ1) is 17.3.